The first-order valence-electron chi connectivity index (χ1n) is 6.57. The second kappa shape index (κ2) is 7.37. The van der Waals surface area contributed by atoms with Crippen LogP contribution < -0.4 is 4.74 Å². The molecule has 122 valence electrons. The minimum absolute atomic E-state index is 0.0856. The van der Waals surface area contributed by atoms with Gasteiger partial charge in [0.1, 0.15) is 5.75 Å². The number of esters is 1. The fourth-order valence-corrected chi connectivity index (χ4v) is 3.38. The third-order valence-corrected chi connectivity index (χ3v) is 5.34. The molecule has 0 saturated heterocycles. The number of halogens is 2. The number of nitrogens with zero attached hydrogens (tertiary/aromatic N) is 2. The van der Waals surface area contributed by atoms with E-state index in [1.54, 1.807) is 31.2 Å². The highest BCUT2D eigenvalue weighted by Gasteiger charge is 2.23. The fraction of sp³-hybridized carbons (Fsp3) is 0.214. The molecule has 0 saturated carbocycles. The van der Waals surface area contributed by atoms with Crippen LogP contribution in [0, 0.1) is 0 Å². The zero-order chi connectivity index (χ0) is 17.0. The largest absolute Gasteiger partial charge is 0.421 e. The Kier molecular flexibility index (Phi) is 5.72. The van der Waals surface area contributed by atoms with Crippen molar-refractivity contribution >= 4 is 43.3 Å². The predicted molar refractivity (Wildman–Crippen MR) is 88.5 cm³/mol. The summed E-state index contributed by atoms with van der Waals surface area (Å²) >= 11 is 9.14. The summed E-state index contributed by atoms with van der Waals surface area (Å²) in [4.78, 5) is 19.7. The first-order valence-corrected chi connectivity index (χ1v) is 9.39. The maximum atomic E-state index is 12.2. The number of aromatic nitrogens is 2. The lowest BCUT2D eigenvalue weighted by atomic mass is 10.3. The first kappa shape index (κ1) is 17.8. The molecule has 2 aromatic rings. The molecule has 0 aliphatic rings. The first-order chi connectivity index (χ1) is 10.8. The molecule has 1 heterocycles. The number of carbonyl (C=O) groups excluding carboxylic acids is 1. The average Bonchev–Trinajstić information content (AvgIpc) is 2.49. The molecular formula is C14H12BrClN2O4S. The smallest absolute Gasteiger partial charge is 0.364 e. The Morgan fingerprint density at radius 1 is 1.35 bits per heavy atom. The molecule has 23 heavy (non-hydrogen) atoms. The van der Waals surface area contributed by atoms with E-state index in [1.807, 2.05) is 0 Å². The molecule has 0 radical (unpaired) electrons. The minimum Gasteiger partial charge on any atom is -0.421 e. The summed E-state index contributed by atoms with van der Waals surface area (Å²) in [7, 11) is -3.66. The van der Waals surface area contributed by atoms with Gasteiger partial charge in [0.2, 0.25) is 15.0 Å². The molecule has 0 atom stereocenters. The predicted octanol–water partition coefficient (Wildman–Crippen LogP) is 3.30. The van der Waals surface area contributed by atoms with Gasteiger partial charge in [-0.3, -0.25) is 0 Å². The van der Waals surface area contributed by atoms with Crippen molar-refractivity contribution in [1.29, 1.82) is 0 Å². The Morgan fingerprint density at radius 2 is 2.04 bits per heavy atom. The van der Waals surface area contributed by atoms with Gasteiger partial charge < -0.3 is 4.74 Å². The highest BCUT2D eigenvalue weighted by Crippen LogP contribution is 2.25. The number of hydrogen-bond donors (Lipinski definition) is 0. The van der Waals surface area contributed by atoms with Gasteiger partial charge in [0.15, 0.2) is 5.69 Å². The number of ether oxygens (including phenoxy) is 1. The van der Waals surface area contributed by atoms with E-state index in [2.05, 4.69) is 25.9 Å². The van der Waals surface area contributed by atoms with Gasteiger partial charge in [-0.15, -0.1) is 0 Å². The number of sulfone groups is 1. The Hall–Kier alpha value is -1.51. The molecule has 1 aromatic carbocycles. The van der Waals surface area contributed by atoms with Crippen LogP contribution in [0.5, 0.6) is 5.75 Å². The van der Waals surface area contributed by atoms with Crippen molar-refractivity contribution in [1.82, 2.24) is 9.97 Å². The van der Waals surface area contributed by atoms with E-state index in [0.29, 0.717) is 10.9 Å². The van der Waals surface area contributed by atoms with Gasteiger partial charge in [0, 0.05) is 0 Å². The zero-order valence-corrected chi connectivity index (χ0v) is 15.2. The third kappa shape index (κ3) is 4.27. The monoisotopic (exact) mass is 418 g/mol. The van der Waals surface area contributed by atoms with E-state index in [9.17, 15) is 13.2 Å². The highest BCUT2D eigenvalue weighted by molar-refractivity contribution is 9.10. The van der Waals surface area contributed by atoms with E-state index in [1.165, 1.54) is 0 Å². The third-order valence-electron chi connectivity index (χ3n) is 2.71. The summed E-state index contributed by atoms with van der Waals surface area (Å²) in [6.45, 7) is 1.72. The standard InChI is InChI=1S/C14H12BrClN2O4S/c1-2-7-23(20,21)14-17-8-10(16)12(18-14)13(19)22-11-6-4-3-5-9(11)15/h3-6,8H,2,7H2,1H3. The molecule has 0 unspecified atom stereocenters. The summed E-state index contributed by atoms with van der Waals surface area (Å²) in [5, 5.41) is -0.527. The molecular weight excluding hydrogens is 408 g/mol. The second-order valence-corrected chi connectivity index (χ2v) is 7.75. The van der Waals surface area contributed by atoms with Crippen LogP contribution in [0.4, 0.5) is 0 Å². The van der Waals surface area contributed by atoms with Gasteiger partial charge in [0.05, 0.1) is 21.4 Å². The van der Waals surface area contributed by atoms with Crippen molar-refractivity contribution in [2.75, 3.05) is 5.75 Å². The van der Waals surface area contributed by atoms with E-state index >= 15 is 0 Å². The average molecular weight is 420 g/mol. The number of benzene rings is 1. The topological polar surface area (TPSA) is 86.2 Å². The molecule has 1 aromatic heterocycles. The molecule has 2 rings (SSSR count). The lowest BCUT2D eigenvalue weighted by molar-refractivity contribution is 0.0726. The number of para-hydroxylation sites is 1. The second-order valence-electron chi connectivity index (χ2n) is 4.49. The summed E-state index contributed by atoms with van der Waals surface area (Å²) in [5.41, 5.74) is -0.299. The summed E-state index contributed by atoms with van der Waals surface area (Å²) in [6.07, 6.45) is 1.48. The van der Waals surface area contributed by atoms with Crippen molar-refractivity contribution in [2.24, 2.45) is 0 Å². The van der Waals surface area contributed by atoms with Gasteiger partial charge in [-0.1, -0.05) is 30.7 Å². The summed E-state index contributed by atoms with van der Waals surface area (Å²) in [6, 6.07) is 6.72. The molecule has 0 fully saturated rings. The molecule has 0 spiro atoms. The Morgan fingerprint density at radius 3 is 2.70 bits per heavy atom. The van der Waals surface area contributed by atoms with Crippen LogP contribution in [0.25, 0.3) is 0 Å². The van der Waals surface area contributed by atoms with E-state index in [0.717, 1.165) is 6.20 Å². The fourth-order valence-electron chi connectivity index (χ4n) is 1.68. The van der Waals surface area contributed by atoms with Gasteiger partial charge in [-0.05, 0) is 34.5 Å². The van der Waals surface area contributed by atoms with Gasteiger partial charge >= 0.3 is 5.97 Å². The Balaban J connectivity index is 2.36. The quantitative estimate of drug-likeness (QED) is 0.420. The van der Waals surface area contributed by atoms with E-state index in [-0.39, 0.29) is 22.2 Å². The normalized spacial score (nSPS) is 11.3. The number of hydrogen-bond acceptors (Lipinski definition) is 6. The Labute approximate surface area is 146 Å². The zero-order valence-electron chi connectivity index (χ0n) is 12.0. The van der Waals surface area contributed by atoms with Crippen LogP contribution in [0.15, 0.2) is 40.1 Å². The van der Waals surface area contributed by atoms with Gasteiger partial charge in [0.25, 0.3) is 0 Å². The summed E-state index contributed by atoms with van der Waals surface area (Å²) in [5.74, 6) is -0.713. The minimum atomic E-state index is -3.66. The van der Waals surface area contributed by atoms with E-state index in [4.69, 9.17) is 16.3 Å². The number of rotatable bonds is 5. The highest BCUT2D eigenvalue weighted by atomic mass is 79.9. The van der Waals surface area contributed by atoms with Crippen molar-refractivity contribution < 1.29 is 17.9 Å². The van der Waals surface area contributed by atoms with Crippen molar-refractivity contribution in [2.45, 2.75) is 18.5 Å². The Bertz CT molecular complexity index is 842. The molecule has 0 aliphatic heterocycles. The molecule has 0 aliphatic carbocycles. The van der Waals surface area contributed by atoms with Crippen LogP contribution >= 0.6 is 27.5 Å². The maximum Gasteiger partial charge on any atom is 0.364 e. The lowest BCUT2D eigenvalue weighted by Gasteiger charge is -2.08. The SMILES string of the molecule is CCCS(=O)(=O)c1ncc(Cl)c(C(=O)Oc2ccccc2Br)n1. The molecule has 0 bridgehead atoms. The van der Waals surface area contributed by atoms with E-state index < -0.39 is 21.0 Å². The lowest BCUT2D eigenvalue weighted by Crippen LogP contribution is -2.17. The van der Waals surface area contributed by atoms with Crippen LogP contribution in [0.1, 0.15) is 23.8 Å². The van der Waals surface area contributed by atoms with Crippen LogP contribution in [0.2, 0.25) is 5.02 Å². The summed E-state index contributed by atoms with van der Waals surface area (Å²) < 4.78 is 29.8. The molecule has 9 heteroatoms. The molecule has 6 nitrogen and oxygen atoms in total. The van der Waals surface area contributed by atoms with Crippen molar-refractivity contribution in [3.8, 4) is 5.75 Å². The van der Waals surface area contributed by atoms with Crippen molar-refractivity contribution in [3.05, 3.63) is 45.7 Å². The van der Waals surface area contributed by atoms with Crippen LogP contribution in [0.3, 0.4) is 0 Å². The van der Waals surface area contributed by atoms with Crippen LogP contribution in [-0.4, -0.2) is 30.1 Å². The maximum absolute atomic E-state index is 12.2. The molecule has 0 N–H and O–H groups in total. The number of carbonyl (C=O) groups is 1. The van der Waals surface area contributed by atoms with Crippen molar-refractivity contribution in [3.63, 3.8) is 0 Å². The molecule has 0 amide bonds. The van der Waals surface area contributed by atoms with Gasteiger partial charge in [-0.25, -0.2) is 23.2 Å². The van der Waals surface area contributed by atoms with Crippen LogP contribution in [-0.2, 0) is 9.84 Å². The van der Waals surface area contributed by atoms with Gasteiger partial charge in [-0.2, -0.15) is 0 Å².